The summed E-state index contributed by atoms with van der Waals surface area (Å²) in [7, 11) is 0. The highest BCUT2D eigenvalue weighted by Gasteiger charge is 2.35. The van der Waals surface area contributed by atoms with E-state index in [2.05, 4.69) is 90.1 Å². The van der Waals surface area contributed by atoms with Gasteiger partial charge in [-0.25, -0.2) is 0 Å². The van der Waals surface area contributed by atoms with Gasteiger partial charge in [0.15, 0.2) is 0 Å². The SMILES string of the molecule is CCCN(CCCC(C#N)(c1ccc(Br)cc1)C(C)C)CCc1ccccc1. The van der Waals surface area contributed by atoms with Crippen LogP contribution in [0.1, 0.15) is 51.2 Å². The number of rotatable bonds is 11. The summed E-state index contributed by atoms with van der Waals surface area (Å²) in [5.74, 6) is 0.280. The maximum atomic E-state index is 10.1. The van der Waals surface area contributed by atoms with Gasteiger partial charge >= 0.3 is 0 Å². The van der Waals surface area contributed by atoms with Crippen LogP contribution in [0.5, 0.6) is 0 Å². The van der Waals surface area contributed by atoms with Crippen LogP contribution in [0.4, 0.5) is 0 Å². The van der Waals surface area contributed by atoms with Gasteiger partial charge in [-0.1, -0.05) is 79.2 Å². The van der Waals surface area contributed by atoms with Crippen LogP contribution in [0.2, 0.25) is 0 Å². The van der Waals surface area contributed by atoms with Crippen molar-refractivity contribution < 1.29 is 0 Å². The van der Waals surface area contributed by atoms with E-state index in [1.807, 2.05) is 12.1 Å². The lowest BCUT2D eigenvalue weighted by molar-refractivity contribution is 0.254. The number of hydrogen-bond donors (Lipinski definition) is 0. The molecule has 0 aliphatic heterocycles. The number of halogens is 1. The van der Waals surface area contributed by atoms with Crippen LogP contribution in [-0.4, -0.2) is 24.5 Å². The van der Waals surface area contributed by atoms with Crippen molar-refractivity contribution in [3.8, 4) is 6.07 Å². The van der Waals surface area contributed by atoms with Gasteiger partial charge in [-0.05, 0) is 68.0 Å². The Bertz CT molecular complexity index is 733. The summed E-state index contributed by atoms with van der Waals surface area (Å²) < 4.78 is 1.06. The minimum atomic E-state index is -0.419. The van der Waals surface area contributed by atoms with Crippen LogP contribution >= 0.6 is 15.9 Å². The number of nitrogens with zero attached hydrogens (tertiary/aromatic N) is 2. The fourth-order valence-electron chi connectivity index (χ4n) is 3.93. The summed E-state index contributed by atoms with van der Waals surface area (Å²) in [6.07, 6.45) is 4.18. The normalized spacial score (nSPS) is 13.5. The van der Waals surface area contributed by atoms with Crippen molar-refractivity contribution in [1.82, 2.24) is 4.90 Å². The van der Waals surface area contributed by atoms with Gasteiger partial charge in [-0.2, -0.15) is 5.26 Å². The molecule has 0 aliphatic rings. The fourth-order valence-corrected chi connectivity index (χ4v) is 4.19. The molecule has 150 valence electrons. The van der Waals surface area contributed by atoms with Gasteiger partial charge in [0.2, 0.25) is 0 Å². The first-order chi connectivity index (χ1) is 13.5. The molecule has 0 saturated heterocycles. The Hall–Kier alpha value is -1.63. The third-order valence-electron chi connectivity index (χ3n) is 5.69. The molecule has 0 amide bonds. The maximum absolute atomic E-state index is 10.1. The summed E-state index contributed by atoms with van der Waals surface area (Å²) in [5.41, 5.74) is 2.12. The number of hydrogen-bond acceptors (Lipinski definition) is 2. The fraction of sp³-hybridized carbons (Fsp3) is 0.480. The monoisotopic (exact) mass is 440 g/mol. The molecule has 2 aromatic rings. The van der Waals surface area contributed by atoms with E-state index in [4.69, 9.17) is 0 Å². The highest BCUT2D eigenvalue weighted by Crippen LogP contribution is 2.37. The zero-order valence-corrected chi connectivity index (χ0v) is 19.1. The standard InChI is InChI=1S/C25H33BrN2/c1-4-17-28(19-15-22-9-6-5-7-10-22)18-8-16-25(20-27,21(2)3)23-11-13-24(26)14-12-23/h5-7,9-14,21H,4,8,15-19H2,1-3H3. The highest BCUT2D eigenvalue weighted by molar-refractivity contribution is 9.10. The van der Waals surface area contributed by atoms with Crippen molar-refractivity contribution in [2.45, 2.75) is 51.9 Å². The van der Waals surface area contributed by atoms with E-state index in [9.17, 15) is 5.26 Å². The predicted molar refractivity (Wildman–Crippen MR) is 122 cm³/mol. The lowest BCUT2D eigenvalue weighted by Crippen LogP contribution is -2.33. The van der Waals surface area contributed by atoms with E-state index in [1.54, 1.807) is 0 Å². The van der Waals surface area contributed by atoms with E-state index in [0.29, 0.717) is 0 Å². The summed E-state index contributed by atoms with van der Waals surface area (Å²) in [5, 5.41) is 10.1. The van der Waals surface area contributed by atoms with E-state index in [-0.39, 0.29) is 5.92 Å². The molecule has 0 heterocycles. The van der Waals surface area contributed by atoms with Crippen molar-refractivity contribution in [3.05, 3.63) is 70.2 Å². The topological polar surface area (TPSA) is 27.0 Å². The Balaban J connectivity index is 2.00. The quantitative estimate of drug-likeness (QED) is 0.393. The van der Waals surface area contributed by atoms with Gasteiger partial charge in [0.25, 0.3) is 0 Å². The van der Waals surface area contributed by atoms with E-state index >= 15 is 0 Å². The van der Waals surface area contributed by atoms with Gasteiger partial charge in [0.1, 0.15) is 0 Å². The number of benzene rings is 2. The van der Waals surface area contributed by atoms with E-state index in [0.717, 1.165) is 55.4 Å². The van der Waals surface area contributed by atoms with Crippen molar-refractivity contribution in [3.63, 3.8) is 0 Å². The number of nitriles is 1. The molecule has 0 bridgehead atoms. The molecule has 1 atom stereocenters. The summed E-state index contributed by atoms with van der Waals surface area (Å²) in [4.78, 5) is 2.55. The molecule has 0 aliphatic carbocycles. The van der Waals surface area contributed by atoms with Crippen LogP contribution in [0.3, 0.4) is 0 Å². The van der Waals surface area contributed by atoms with E-state index < -0.39 is 5.41 Å². The zero-order valence-electron chi connectivity index (χ0n) is 17.5. The highest BCUT2D eigenvalue weighted by atomic mass is 79.9. The average Bonchev–Trinajstić information content (AvgIpc) is 2.71. The predicted octanol–water partition coefficient (Wildman–Crippen LogP) is 6.60. The largest absolute Gasteiger partial charge is 0.303 e. The molecule has 2 aromatic carbocycles. The molecule has 0 N–H and O–H groups in total. The maximum Gasteiger partial charge on any atom is 0.0845 e. The van der Waals surface area contributed by atoms with Crippen LogP contribution in [0.25, 0.3) is 0 Å². The average molecular weight is 441 g/mol. The third-order valence-corrected chi connectivity index (χ3v) is 6.22. The minimum absolute atomic E-state index is 0.280. The Morgan fingerprint density at radius 1 is 1.00 bits per heavy atom. The molecule has 2 nitrogen and oxygen atoms in total. The second kappa shape index (κ2) is 11.4. The van der Waals surface area contributed by atoms with E-state index in [1.165, 1.54) is 5.56 Å². The van der Waals surface area contributed by atoms with Crippen molar-refractivity contribution >= 4 is 15.9 Å². The summed E-state index contributed by atoms with van der Waals surface area (Å²) in [6, 6.07) is 21.7. The smallest absolute Gasteiger partial charge is 0.0845 e. The second-order valence-electron chi connectivity index (χ2n) is 7.93. The van der Waals surface area contributed by atoms with Gasteiger partial charge in [0.05, 0.1) is 11.5 Å². The van der Waals surface area contributed by atoms with Crippen molar-refractivity contribution in [2.75, 3.05) is 19.6 Å². The second-order valence-corrected chi connectivity index (χ2v) is 8.84. The lowest BCUT2D eigenvalue weighted by Gasteiger charge is -2.32. The molecule has 1 unspecified atom stereocenters. The van der Waals surface area contributed by atoms with Crippen molar-refractivity contribution in [2.24, 2.45) is 5.92 Å². The first-order valence-electron chi connectivity index (χ1n) is 10.5. The van der Waals surface area contributed by atoms with Gasteiger partial charge in [-0.15, -0.1) is 0 Å². The Labute approximate surface area is 179 Å². The molecule has 0 spiro atoms. The molecule has 2 rings (SSSR count). The van der Waals surface area contributed by atoms with Crippen LogP contribution in [0.15, 0.2) is 59.1 Å². The Morgan fingerprint density at radius 3 is 2.25 bits per heavy atom. The molecule has 3 heteroatoms. The van der Waals surface area contributed by atoms with Gasteiger partial charge < -0.3 is 4.90 Å². The molecule has 28 heavy (non-hydrogen) atoms. The summed E-state index contributed by atoms with van der Waals surface area (Å²) in [6.45, 7) is 9.83. The molecule has 0 radical (unpaired) electrons. The van der Waals surface area contributed by atoms with Gasteiger partial charge in [-0.3, -0.25) is 0 Å². The van der Waals surface area contributed by atoms with Crippen LogP contribution in [0, 0.1) is 17.2 Å². The molecule has 0 aromatic heterocycles. The van der Waals surface area contributed by atoms with Crippen LogP contribution < -0.4 is 0 Å². The molecular weight excluding hydrogens is 408 g/mol. The lowest BCUT2D eigenvalue weighted by atomic mass is 9.70. The molecular formula is C25H33BrN2. The molecule has 0 fully saturated rings. The first kappa shape index (κ1) is 22.7. The summed E-state index contributed by atoms with van der Waals surface area (Å²) >= 11 is 3.51. The first-order valence-corrected chi connectivity index (χ1v) is 11.2. The van der Waals surface area contributed by atoms with Gasteiger partial charge in [0, 0.05) is 11.0 Å². The van der Waals surface area contributed by atoms with Crippen molar-refractivity contribution in [1.29, 1.82) is 5.26 Å². The zero-order chi connectivity index (χ0) is 20.4. The molecule has 0 saturated carbocycles. The Kier molecular flexibility index (Phi) is 9.22. The Morgan fingerprint density at radius 2 is 1.68 bits per heavy atom. The van der Waals surface area contributed by atoms with Crippen LogP contribution in [-0.2, 0) is 11.8 Å². The minimum Gasteiger partial charge on any atom is -0.303 e. The third kappa shape index (κ3) is 6.19.